The summed E-state index contributed by atoms with van der Waals surface area (Å²) in [5.74, 6) is -0.906. The van der Waals surface area contributed by atoms with Gasteiger partial charge in [-0.3, -0.25) is 4.79 Å². The number of rotatable bonds is 4. The molecule has 0 rings (SSSR count). The van der Waals surface area contributed by atoms with Crippen molar-refractivity contribution < 1.29 is 18.0 Å². The van der Waals surface area contributed by atoms with Gasteiger partial charge in [0, 0.05) is 14.1 Å². The molecule has 0 spiro atoms. The summed E-state index contributed by atoms with van der Waals surface area (Å²) in [5.41, 5.74) is -0.163. The molecule has 0 unspecified atom stereocenters. The van der Waals surface area contributed by atoms with Crippen LogP contribution < -0.4 is 5.32 Å². The van der Waals surface area contributed by atoms with Gasteiger partial charge in [0.15, 0.2) is 0 Å². The van der Waals surface area contributed by atoms with E-state index in [1.807, 2.05) is 0 Å². The van der Waals surface area contributed by atoms with Gasteiger partial charge in [0.1, 0.15) is 12.3 Å². The van der Waals surface area contributed by atoms with Gasteiger partial charge in [-0.05, 0) is 6.08 Å². The van der Waals surface area contributed by atoms with Crippen molar-refractivity contribution in [3.63, 3.8) is 0 Å². The summed E-state index contributed by atoms with van der Waals surface area (Å²) in [6, 6.07) is 0. The Balaban J connectivity index is 4.37. The average Bonchev–Trinajstić information content (AvgIpc) is 2.08. The SMILES string of the molecule is C=C/C(=N\N(C)C)C(=O)NCC(F)(F)F. The third kappa shape index (κ3) is 6.53. The molecule has 0 aromatic carbocycles. The maximum Gasteiger partial charge on any atom is 0.405 e. The van der Waals surface area contributed by atoms with Gasteiger partial charge in [0.25, 0.3) is 5.91 Å². The number of hydrazone groups is 1. The number of nitrogens with zero attached hydrogens (tertiary/aromatic N) is 2. The normalized spacial score (nSPS) is 12.2. The second-order valence-electron chi connectivity index (χ2n) is 2.83. The highest BCUT2D eigenvalue weighted by Crippen LogP contribution is 2.12. The largest absolute Gasteiger partial charge is 0.405 e. The molecule has 0 radical (unpaired) electrons. The van der Waals surface area contributed by atoms with Crippen LogP contribution in [-0.4, -0.2) is 43.4 Å². The number of hydrogen-bond donors (Lipinski definition) is 1. The fourth-order valence-electron chi connectivity index (χ4n) is 0.665. The second-order valence-corrected chi connectivity index (χ2v) is 2.83. The zero-order valence-corrected chi connectivity index (χ0v) is 8.43. The molecule has 0 aromatic rings. The second kappa shape index (κ2) is 5.38. The highest BCUT2D eigenvalue weighted by Gasteiger charge is 2.28. The molecule has 0 heterocycles. The highest BCUT2D eigenvalue weighted by molar-refractivity contribution is 6.43. The summed E-state index contributed by atoms with van der Waals surface area (Å²) in [4.78, 5) is 11.1. The zero-order valence-electron chi connectivity index (χ0n) is 8.43. The Labute approximate surface area is 85.4 Å². The number of carbonyl (C=O) groups excluding carboxylic acids is 1. The van der Waals surface area contributed by atoms with Crippen molar-refractivity contribution in [3.8, 4) is 0 Å². The minimum Gasteiger partial charge on any atom is -0.342 e. The van der Waals surface area contributed by atoms with Crippen LogP contribution in [0.3, 0.4) is 0 Å². The van der Waals surface area contributed by atoms with Crippen LogP contribution >= 0.6 is 0 Å². The first kappa shape index (κ1) is 13.5. The van der Waals surface area contributed by atoms with E-state index in [-0.39, 0.29) is 5.71 Å². The molecule has 0 saturated carbocycles. The summed E-state index contributed by atoms with van der Waals surface area (Å²) >= 11 is 0. The Hall–Kier alpha value is -1.53. The van der Waals surface area contributed by atoms with Gasteiger partial charge in [-0.1, -0.05) is 6.58 Å². The minimum atomic E-state index is -4.43. The smallest absolute Gasteiger partial charge is 0.342 e. The van der Waals surface area contributed by atoms with Gasteiger partial charge in [0.05, 0.1) is 0 Å². The van der Waals surface area contributed by atoms with Crippen molar-refractivity contribution >= 4 is 11.6 Å². The van der Waals surface area contributed by atoms with E-state index in [9.17, 15) is 18.0 Å². The first-order valence-corrected chi connectivity index (χ1v) is 3.99. The molecule has 0 aliphatic carbocycles. The monoisotopic (exact) mass is 223 g/mol. The van der Waals surface area contributed by atoms with Crippen molar-refractivity contribution in [3.05, 3.63) is 12.7 Å². The number of nitrogens with one attached hydrogen (secondary N) is 1. The van der Waals surface area contributed by atoms with E-state index in [0.29, 0.717) is 0 Å². The predicted molar refractivity (Wildman–Crippen MR) is 50.4 cm³/mol. The van der Waals surface area contributed by atoms with Gasteiger partial charge < -0.3 is 10.3 Å². The number of hydrogen-bond acceptors (Lipinski definition) is 3. The molecule has 0 aliphatic heterocycles. The average molecular weight is 223 g/mol. The molecular formula is C8H12F3N3O. The number of halogens is 3. The molecule has 1 amide bonds. The molecule has 0 bridgehead atoms. The summed E-state index contributed by atoms with van der Waals surface area (Å²) in [6.07, 6.45) is -3.34. The van der Waals surface area contributed by atoms with Crippen LogP contribution in [0.25, 0.3) is 0 Å². The van der Waals surface area contributed by atoms with E-state index in [4.69, 9.17) is 0 Å². The summed E-state index contributed by atoms with van der Waals surface area (Å²) < 4.78 is 35.3. The third-order valence-electron chi connectivity index (χ3n) is 1.18. The Bertz CT molecular complexity index is 271. The van der Waals surface area contributed by atoms with Gasteiger partial charge >= 0.3 is 6.18 Å². The van der Waals surface area contributed by atoms with E-state index in [2.05, 4.69) is 11.7 Å². The first-order valence-electron chi connectivity index (χ1n) is 3.99. The number of carbonyl (C=O) groups is 1. The van der Waals surface area contributed by atoms with Gasteiger partial charge in [0.2, 0.25) is 0 Å². The van der Waals surface area contributed by atoms with Crippen LogP contribution in [0.4, 0.5) is 13.2 Å². The maximum absolute atomic E-state index is 11.8. The molecule has 0 aromatic heterocycles. The minimum absolute atomic E-state index is 0.163. The molecule has 7 heteroatoms. The predicted octanol–water partition coefficient (Wildman–Crippen LogP) is 0.768. The van der Waals surface area contributed by atoms with Crippen LogP contribution in [0.1, 0.15) is 0 Å². The van der Waals surface area contributed by atoms with Crippen molar-refractivity contribution in [2.45, 2.75) is 6.18 Å². The van der Waals surface area contributed by atoms with Gasteiger partial charge in [-0.15, -0.1) is 0 Å². The van der Waals surface area contributed by atoms with E-state index in [1.54, 1.807) is 19.4 Å². The zero-order chi connectivity index (χ0) is 12.1. The van der Waals surface area contributed by atoms with Crippen molar-refractivity contribution in [2.24, 2.45) is 5.10 Å². The number of amides is 1. The van der Waals surface area contributed by atoms with Crippen LogP contribution in [-0.2, 0) is 4.79 Å². The summed E-state index contributed by atoms with van der Waals surface area (Å²) in [5, 5.41) is 6.63. The van der Waals surface area contributed by atoms with E-state index < -0.39 is 18.6 Å². The topological polar surface area (TPSA) is 44.7 Å². The maximum atomic E-state index is 11.8. The van der Waals surface area contributed by atoms with Crippen LogP contribution in [0.2, 0.25) is 0 Å². The molecular weight excluding hydrogens is 211 g/mol. The quantitative estimate of drug-likeness (QED) is 0.565. The Morgan fingerprint density at radius 3 is 2.40 bits per heavy atom. The molecule has 0 saturated heterocycles. The molecule has 86 valence electrons. The Morgan fingerprint density at radius 2 is 2.07 bits per heavy atom. The van der Waals surface area contributed by atoms with Gasteiger partial charge in [-0.25, -0.2) is 0 Å². The van der Waals surface area contributed by atoms with Crippen LogP contribution in [0.5, 0.6) is 0 Å². The van der Waals surface area contributed by atoms with E-state index in [1.165, 1.54) is 5.01 Å². The van der Waals surface area contributed by atoms with E-state index >= 15 is 0 Å². The lowest BCUT2D eigenvalue weighted by Gasteiger charge is -2.10. The Morgan fingerprint density at radius 1 is 1.53 bits per heavy atom. The molecule has 0 fully saturated rings. The molecule has 4 nitrogen and oxygen atoms in total. The fraction of sp³-hybridized carbons (Fsp3) is 0.500. The lowest BCUT2D eigenvalue weighted by atomic mass is 10.3. The van der Waals surface area contributed by atoms with Gasteiger partial charge in [-0.2, -0.15) is 18.3 Å². The van der Waals surface area contributed by atoms with Crippen LogP contribution in [0, 0.1) is 0 Å². The Kier molecular flexibility index (Phi) is 4.83. The third-order valence-corrected chi connectivity index (χ3v) is 1.18. The standard InChI is InChI=1S/C8H12F3N3O/c1-4-6(13-14(2)3)7(15)12-5-8(9,10)11/h4H,1,5H2,2-3H3,(H,12,15)/b13-6+. The molecule has 15 heavy (non-hydrogen) atoms. The lowest BCUT2D eigenvalue weighted by molar-refractivity contribution is -0.134. The number of alkyl halides is 3. The fourth-order valence-corrected chi connectivity index (χ4v) is 0.665. The summed E-state index contributed by atoms with van der Waals surface area (Å²) in [6.45, 7) is 1.90. The molecule has 1 N–H and O–H groups in total. The first-order chi connectivity index (χ1) is 6.76. The van der Waals surface area contributed by atoms with E-state index in [0.717, 1.165) is 6.08 Å². The van der Waals surface area contributed by atoms with Crippen molar-refractivity contribution in [2.75, 3.05) is 20.6 Å². The van der Waals surface area contributed by atoms with Crippen molar-refractivity contribution in [1.82, 2.24) is 10.3 Å². The molecule has 0 atom stereocenters. The lowest BCUT2D eigenvalue weighted by Crippen LogP contribution is -2.37. The summed E-state index contributed by atoms with van der Waals surface area (Å²) in [7, 11) is 3.08. The highest BCUT2D eigenvalue weighted by atomic mass is 19.4. The van der Waals surface area contributed by atoms with Crippen molar-refractivity contribution in [1.29, 1.82) is 0 Å². The molecule has 0 aliphatic rings. The van der Waals surface area contributed by atoms with Crippen LogP contribution in [0.15, 0.2) is 17.8 Å².